The van der Waals surface area contributed by atoms with Crippen molar-refractivity contribution in [3.8, 4) is 0 Å². The Morgan fingerprint density at radius 1 is 1.32 bits per heavy atom. The van der Waals surface area contributed by atoms with Crippen LogP contribution in [0.25, 0.3) is 0 Å². The van der Waals surface area contributed by atoms with E-state index in [9.17, 15) is 4.79 Å². The summed E-state index contributed by atoms with van der Waals surface area (Å²) >= 11 is 0. The van der Waals surface area contributed by atoms with Gasteiger partial charge in [-0.1, -0.05) is 38.1 Å². The molecule has 0 saturated carbocycles. The van der Waals surface area contributed by atoms with Crippen LogP contribution in [-0.2, 0) is 20.7 Å². The fourth-order valence-electron chi connectivity index (χ4n) is 2.79. The van der Waals surface area contributed by atoms with Crippen molar-refractivity contribution in [1.82, 2.24) is 0 Å². The molecule has 0 spiro atoms. The molecule has 1 unspecified atom stereocenters. The van der Waals surface area contributed by atoms with Crippen molar-refractivity contribution in [2.75, 3.05) is 6.61 Å². The first-order chi connectivity index (χ1) is 10.2. The Kier molecular flexibility index (Phi) is 4.96. The third kappa shape index (κ3) is 4.84. The quantitative estimate of drug-likeness (QED) is 0.774. The van der Waals surface area contributed by atoms with Gasteiger partial charge in [0, 0.05) is 0 Å². The molecule has 3 heteroatoms. The summed E-state index contributed by atoms with van der Waals surface area (Å²) in [6.45, 7) is 10.9. The molecule has 0 N–H and O–H groups in total. The maximum absolute atomic E-state index is 12.1. The number of carbonyl (C=O) groups excluding carboxylic acids is 1. The highest BCUT2D eigenvalue weighted by atomic mass is 16.6. The van der Waals surface area contributed by atoms with E-state index in [2.05, 4.69) is 19.9 Å². The highest BCUT2D eigenvalue weighted by molar-refractivity contribution is 5.73. The van der Waals surface area contributed by atoms with Crippen LogP contribution in [0.2, 0.25) is 0 Å². The summed E-state index contributed by atoms with van der Waals surface area (Å²) in [5.74, 6) is -0.184. The maximum Gasteiger partial charge on any atom is 0.310 e. The molecule has 1 aromatic carbocycles. The highest BCUT2D eigenvalue weighted by Crippen LogP contribution is 2.38. The van der Waals surface area contributed by atoms with Crippen LogP contribution in [0.15, 0.2) is 24.3 Å². The molecule has 1 atom stereocenters. The second-order valence-electron chi connectivity index (χ2n) is 7.96. The van der Waals surface area contributed by atoms with Gasteiger partial charge in [-0.2, -0.15) is 0 Å². The Hall–Kier alpha value is -1.35. The number of esters is 1. The monoisotopic (exact) mass is 304 g/mol. The van der Waals surface area contributed by atoms with E-state index in [-0.39, 0.29) is 17.5 Å². The van der Waals surface area contributed by atoms with Gasteiger partial charge >= 0.3 is 5.97 Å². The predicted molar refractivity (Wildman–Crippen MR) is 87.7 cm³/mol. The zero-order valence-electron chi connectivity index (χ0n) is 14.4. The molecular formula is C19H28O3. The van der Waals surface area contributed by atoms with E-state index < -0.39 is 5.60 Å². The second kappa shape index (κ2) is 6.41. The molecule has 1 aromatic rings. The first-order valence-corrected chi connectivity index (χ1v) is 8.08. The summed E-state index contributed by atoms with van der Waals surface area (Å²) in [6, 6.07) is 8.05. The van der Waals surface area contributed by atoms with E-state index in [1.54, 1.807) is 0 Å². The van der Waals surface area contributed by atoms with Crippen LogP contribution in [0.4, 0.5) is 0 Å². The molecule has 3 nitrogen and oxygen atoms in total. The molecule has 122 valence electrons. The molecule has 0 radical (unpaired) electrons. The van der Waals surface area contributed by atoms with Crippen molar-refractivity contribution in [2.24, 2.45) is 5.41 Å². The summed E-state index contributed by atoms with van der Waals surface area (Å²) in [5, 5.41) is 0. The second-order valence-corrected chi connectivity index (χ2v) is 7.96. The van der Waals surface area contributed by atoms with Crippen molar-refractivity contribution in [3.05, 3.63) is 35.4 Å². The minimum absolute atomic E-state index is 0.0895. The zero-order chi connectivity index (χ0) is 16.4. The van der Waals surface area contributed by atoms with Gasteiger partial charge in [0.2, 0.25) is 0 Å². The fraction of sp³-hybridized carbons (Fsp3) is 0.632. The van der Waals surface area contributed by atoms with Gasteiger partial charge in [0.15, 0.2) is 0 Å². The predicted octanol–water partition coefficient (Wildman–Crippen LogP) is 4.45. The Morgan fingerprint density at radius 3 is 2.59 bits per heavy atom. The van der Waals surface area contributed by atoms with Gasteiger partial charge in [0.05, 0.1) is 19.1 Å². The van der Waals surface area contributed by atoms with Gasteiger partial charge in [0.25, 0.3) is 0 Å². The molecule has 0 aliphatic carbocycles. The van der Waals surface area contributed by atoms with Crippen molar-refractivity contribution in [1.29, 1.82) is 0 Å². The Labute approximate surface area is 134 Å². The van der Waals surface area contributed by atoms with E-state index >= 15 is 0 Å². The van der Waals surface area contributed by atoms with E-state index in [4.69, 9.17) is 9.47 Å². The number of carbonyl (C=O) groups is 1. The fourth-order valence-corrected chi connectivity index (χ4v) is 2.79. The zero-order valence-corrected chi connectivity index (χ0v) is 14.4. The minimum atomic E-state index is -0.447. The molecular weight excluding hydrogens is 276 g/mol. The molecule has 22 heavy (non-hydrogen) atoms. The molecule has 0 amide bonds. The maximum atomic E-state index is 12.1. The third-order valence-corrected chi connectivity index (χ3v) is 3.92. The Balaban J connectivity index is 2.09. The molecule has 0 bridgehead atoms. The number of benzene rings is 1. The standard InChI is InChI=1S/C19H28O3/c1-18(2,3)22-17(20)12-14-8-6-7-9-15(14)16-10-11-19(4,5)13-21-16/h6-9,16H,10-13H2,1-5H3. The lowest BCUT2D eigenvalue weighted by molar-refractivity contribution is -0.153. The Morgan fingerprint density at radius 2 is 2.00 bits per heavy atom. The molecule has 2 rings (SSSR count). The van der Waals surface area contributed by atoms with Crippen LogP contribution in [-0.4, -0.2) is 18.2 Å². The minimum Gasteiger partial charge on any atom is -0.460 e. The number of ether oxygens (including phenoxy) is 2. The summed E-state index contributed by atoms with van der Waals surface area (Å²) in [5.41, 5.74) is 1.94. The van der Waals surface area contributed by atoms with Crippen LogP contribution in [0.1, 0.15) is 64.7 Å². The van der Waals surface area contributed by atoms with Gasteiger partial charge in [-0.15, -0.1) is 0 Å². The lowest BCUT2D eigenvalue weighted by Crippen LogP contribution is -2.28. The highest BCUT2D eigenvalue weighted by Gasteiger charge is 2.29. The summed E-state index contributed by atoms with van der Waals surface area (Å²) in [6.07, 6.45) is 2.53. The summed E-state index contributed by atoms with van der Waals surface area (Å²) in [4.78, 5) is 12.1. The van der Waals surface area contributed by atoms with Gasteiger partial charge in [-0.05, 0) is 50.2 Å². The number of hydrogen-bond acceptors (Lipinski definition) is 3. The SMILES string of the molecule is CC1(C)CCC(c2ccccc2CC(=O)OC(C)(C)C)OC1. The Bertz CT molecular complexity index is 516. The average molecular weight is 304 g/mol. The van der Waals surface area contributed by atoms with Crippen molar-refractivity contribution in [3.63, 3.8) is 0 Å². The summed E-state index contributed by atoms with van der Waals surface area (Å²) < 4.78 is 11.5. The van der Waals surface area contributed by atoms with E-state index in [0.717, 1.165) is 30.6 Å². The van der Waals surface area contributed by atoms with Gasteiger partial charge in [-0.25, -0.2) is 0 Å². The van der Waals surface area contributed by atoms with Crippen LogP contribution in [0.3, 0.4) is 0 Å². The van der Waals surface area contributed by atoms with E-state index in [1.165, 1.54) is 0 Å². The molecule has 1 saturated heterocycles. The van der Waals surface area contributed by atoms with Crippen molar-refractivity contribution in [2.45, 2.75) is 65.6 Å². The number of hydrogen-bond donors (Lipinski definition) is 0. The summed E-state index contributed by atoms with van der Waals surface area (Å²) in [7, 11) is 0. The molecule has 1 aliphatic heterocycles. The smallest absolute Gasteiger partial charge is 0.310 e. The van der Waals surface area contributed by atoms with Crippen LogP contribution in [0.5, 0.6) is 0 Å². The molecule has 1 heterocycles. The topological polar surface area (TPSA) is 35.5 Å². The largest absolute Gasteiger partial charge is 0.460 e. The van der Waals surface area contributed by atoms with Crippen molar-refractivity contribution >= 4 is 5.97 Å². The lowest BCUT2D eigenvalue weighted by atomic mass is 9.83. The van der Waals surface area contributed by atoms with Crippen molar-refractivity contribution < 1.29 is 14.3 Å². The van der Waals surface area contributed by atoms with Gasteiger partial charge < -0.3 is 9.47 Å². The van der Waals surface area contributed by atoms with Gasteiger partial charge in [0.1, 0.15) is 5.60 Å². The number of rotatable bonds is 3. The van der Waals surface area contributed by atoms with Crippen LogP contribution in [0, 0.1) is 5.41 Å². The van der Waals surface area contributed by atoms with E-state index in [0.29, 0.717) is 6.42 Å². The van der Waals surface area contributed by atoms with Gasteiger partial charge in [-0.3, -0.25) is 4.79 Å². The molecule has 1 aliphatic rings. The van der Waals surface area contributed by atoms with Crippen LogP contribution >= 0.6 is 0 Å². The first kappa shape index (κ1) is 17.0. The lowest BCUT2D eigenvalue weighted by Gasteiger charge is -2.35. The first-order valence-electron chi connectivity index (χ1n) is 8.08. The average Bonchev–Trinajstić information content (AvgIpc) is 2.37. The molecule has 0 aromatic heterocycles. The van der Waals surface area contributed by atoms with Crippen LogP contribution < -0.4 is 0 Å². The molecule has 1 fully saturated rings. The van der Waals surface area contributed by atoms with E-state index in [1.807, 2.05) is 39.0 Å². The third-order valence-electron chi connectivity index (χ3n) is 3.92. The normalized spacial score (nSPS) is 21.4.